The van der Waals surface area contributed by atoms with Crippen molar-refractivity contribution < 1.29 is 4.74 Å². The number of aromatic nitrogens is 4. The molecule has 0 atom stereocenters. The Bertz CT molecular complexity index is 2540. The predicted octanol–water partition coefficient (Wildman–Crippen LogP) is 12.7. The normalized spacial score (nSPS) is 12.2. The van der Waals surface area contributed by atoms with Crippen molar-refractivity contribution >= 4 is 32.8 Å². The first-order valence-electron chi connectivity index (χ1n) is 18.0. The number of hydrogen-bond donors (Lipinski definition) is 0. The lowest BCUT2D eigenvalue weighted by molar-refractivity contribution is 0.406. The fraction of sp³-hybridized carbons (Fsp3) is 0.217. The third kappa shape index (κ3) is 5.77. The molecule has 8 rings (SSSR count). The molecule has 0 bridgehead atoms. The Morgan fingerprint density at radius 2 is 1.25 bits per heavy atom. The van der Waals surface area contributed by atoms with Gasteiger partial charge in [-0.1, -0.05) is 64.1 Å². The largest absolute Gasteiger partial charge is 0.456 e. The van der Waals surface area contributed by atoms with E-state index in [1.54, 1.807) is 0 Å². The van der Waals surface area contributed by atoms with E-state index in [0.29, 0.717) is 11.8 Å². The van der Waals surface area contributed by atoms with E-state index >= 15 is 0 Å². The maximum Gasteiger partial charge on any atom is 0.191 e. The van der Waals surface area contributed by atoms with Gasteiger partial charge in [-0.2, -0.15) is 4.57 Å². The standard InChI is InChI=1S/C46H45N4O/c1-30(2)36-17-13-18-37(31(3)4)45(36)32-24-25-47-44(26-32)50-40-19-9-8-16-38(40)39-23-22-35(28-43(39)50)51-34-15-12-14-33(27-34)48-29-49(46(5,6)7)42-21-11-10-20-41(42)48/h8-31H,1-7H3/q+1. The highest BCUT2D eigenvalue weighted by Gasteiger charge is 2.25. The third-order valence-corrected chi connectivity index (χ3v) is 9.97. The highest BCUT2D eigenvalue weighted by atomic mass is 16.5. The first-order valence-corrected chi connectivity index (χ1v) is 18.0. The summed E-state index contributed by atoms with van der Waals surface area (Å²) in [7, 11) is 0. The first kappa shape index (κ1) is 32.5. The van der Waals surface area contributed by atoms with E-state index in [2.05, 4.69) is 184 Å². The van der Waals surface area contributed by atoms with Crippen molar-refractivity contribution in [3.05, 3.63) is 145 Å². The van der Waals surface area contributed by atoms with Crippen LogP contribution < -0.4 is 4.74 Å². The molecule has 0 spiro atoms. The second-order valence-electron chi connectivity index (χ2n) is 15.2. The predicted molar refractivity (Wildman–Crippen MR) is 213 cm³/mol. The van der Waals surface area contributed by atoms with Gasteiger partial charge in [-0.15, -0.1) is 0 Å². The van der Waals surface area contributed by atoms with Crippen LogP contribution in [-0.2, 0) is 5.54 Å². The maximum absolute atomic E-state index is 6.64. The molecule has 51 heavy (non-hydrogen) atoms. The Balaban J connectivity index is 1.23. The lowest BCUT2D eigenvalue weighted by atomic mass is 9.85. The highest BCUT2D eigenvalue weighted by Crippen LogP contribution is 2.39. The van der Waals surface area contributed by atoms with Gasteiger partial charge in [0.2, 0.25) is 0 Å². The Labute approximate surface area is 300 Å². The van der Waals surface area contributed by atoms with Crippen LogP contribution >= 0.6 is 0 Å². The third-order valence-electron chi connectivity index (χ3n) is 9.97. The van der Waals surface area contributed by atoms with Crippen molar-refractivity contribution in [1.29, 1.82) is 0 Å². The van der Waals surface area contributed by atoms with E-state index in [-0.39, 0.29) is 5.54 Å². The Morgan fingerprint density at radius 1 is 0.608 bits per heavy atom. The average Bonchev–Trinajstić information content (AvgIpc) is 3.68. The van der Waals surface area contributed by atoms with Crippen LogP contribution in [0.5, 0.6) is 11.5 Å². The zero-order valence-electron chi connectivity index (χ0n) is 30.6. The second kappa shape index (κ2) is 12.6. The summed E-state index contributed by atoms with van der Waals surface area (Å²) in [6.07, 6.45) is 4.14. The Hall–Kier alpha value is -5.68. The Morgan fingerprint density at radius 3 is 1.98 bits per heavy atom. The molecule has 0 aliphatic carbocycles. The minimum absolute atomic E-state index is 0.0598. The molecular formula is C46H45N4O+. The van der Waals surface area contributed by atoms with Crippen LogP contribution in [0.4, 0.5) is 0 Å². The topological polar surface area (TPSA) is 36.9 Å². The molecule has 0 amide bonds. The van der Waals surface area contributed by atoms with Crippen molar-refractivity contribution in [2.75, 3.05) is 0 Å². The van der Waals surface area contributed by atoms with E-state index in [1.165, 1.54) is 33.2 Å². The molecule has 254 valence electrons. The van der Waals surface area contributed by atoms with Crippen LogP contribution in [0.25, 0.3) is 55.5 Å². The number of benzene rings is 5. The molecule has 0 saturated heterocycles. The van der Waals surface area contributed by atoms with Crippen LogP contribution in [0.2, 0.25) is 0 Å². The molecule has 0 unspecified atom stereocenters. The van der Waals surface area contributed by atoms with Gasteiger partial charge in [0.1, 0.15) is 23.0 Å². The van der Waals surface area contributed by atoms with E-state index in [1.807, 2.05) is 12.3 Å². The van der Waals surface area contributed by atoms with Crippen LogP contribution in [0.1, 0.15) is 71.4 Å². The quantitative estimate of drug-likeness (QED) is 0.158. The fourth-order valence-electron chi connectivity index (χ4n) is 7.53. The molecule has 0 N–H and O–H groups in total. The number of nitrogens with zero attached hydrogens (tertiary/aromatic N) is 4. The van der Waals surface area contributed by atoms with E-state index in [4.69, 9.17) is 9.72 Å². The van der Waals surface area contributed by atoms with Gasteiger partial charge < -0.3 is 4.74 Å². The lowest BCUT2D eigenvalue weighted by Crippen LogP contribution is -2.20. The summed E-state index contributed by atoms with van der Waals surface area (Å²) in [5.41, 5.74) is 10.7. The van der Waals surface area contributed by atoms with Crippen LogP contribution in [-0.4, -0.2) is 18.7 Å². The van der Waals surface area contributed by atoms with Crippen LogP contribution in [0.15, 0.2) is 134 Å². The summed E-state index contributed by atoms with van der Waals surface area (Å²) in [5, 5.41) is 2.35. The molecule has 0 aliphatic heterocycles. The molecule has 0 fully saturated rings. The minimum Gasteiger partial charge on any atom is -0.456 e. The second-order valence-corrected chi connectivity index (χ2v) is 15.2. The zero-order valence-corrected chi connectivity index (χ0v) is 30.6. The van der Waals surface area contributed by atoms with Crippen LogP contribution in [0, 0.1) is 0 Å². The first-order chi connectivity index (χ1) is 24.6. The number of para-hydroxylation sites is 3. The van der Waals surface area contributed by atoms with Crippen molar-refractivity contribution in [2.24, 2.45) is 0 Å². The van der Waals surface area contributed by atoms with Gasteiger partial charge in [-0.25, -0.2) is 9.55 Å². The average molecular weight is 670 g/mol. The van der Waals surface area contributed by atoms with Gasteiger partial charge in [0.25, 0.3) is 0 Å². The summed E-state index contributed by atoms with van der Waals surface area (Å²) < 4.78 is 13.5. The lowest BCUT2D eigenvalue weighted by Gasteiger charge is -2.20. The molecule has 5 nitrogen and oxygen atoms in total. The molecule has 0 saturated carbocycles. The number of rotatable bonds is 7. The summed E-state index contributed by atoms with van der Waals surface area (Å²) in [6, 6.07) is 43.0. The minimum atomic E-state index is -0.0598. The molecule has 0 radical (unpaired) electrons. The zero-order chi connectivity index (χ0) is 35.4. The highest BCUT2D eigenvalue weighted by molar-refractivity contribution is 6.09. The van der Waals surface area contributed by atoms with E-state index < -0.39 is 0 Å². The van der Waals surface area contributed by atoms with Crippen molar-refractivity contribution in [3.8, 4) is 34.1 Å². The molecular weight excluding hydrogens is 625 g/mol. The number of fused-ring (bicyclic) bond motifs is 4. The van der Waals surface area contributed by atoms with Gasteiger partial charge >= 0.3 is 0 Å². The van der Waals surface area contributed by atoms with Gasteiger partial charge in [-0.3, -0.25) is 4.57 Å². The molecule has 8 aromatic rings. The molecule has 5 aromatic carbocycles. The van der Waals surface area contributed by atoms with Gasteiger partial charge in [0.15, 0.2) is 17.4 Å². The van der Waals surface area contributed by atoms with Crippen molar-refractivity contribution in [3.63, 3.8) is 0 Å². The summed E-state index contributed by atoms with van der Waals surface area (Å²) in [5.74, 6) is 3.24. The van der Waals surface area contributed by atoms with E-state index in [0.717, 1.165) is 44.9 Å². The Kier molecular flexibility index (Phi) is 8.02. The van der Waals surface area contributed by atoms with Gasteiger partial charge in [0, 0.05) is 47.3 Å². The smallest absolute Gasteiger partial charge is 0.191 e. The van der Waals surface area contributed by atoms with E-state index in [9.17, 15) is 0 Å². The number of hydrogen-bond acceptors (Lipinski definition) is 2. The molecule has 3 heterocycles. The maximum atomic E-state index is 6.64. The van der Waals surface area contributed by atoms with Crippen LogP contribution in [0.3, 0.4) is 0 Å². The summed E-state index contributed by atoms with van der Waals surface area (Å²) in [4.78, 5) is 4.98. The summed E-state index contributed by atoms with van der Waals surface area (Å²) in [6.45, 7) is 15.8. The summed E-state index contributed by atoms with van der Waals surface area (Å²) >= 11 is 0. The monoisotopic (exact) mass is 669 g/mol. The van der Waals surface area contributed by atoms with Gasteiger partial charge in [0.05, 0.1) is 16.6 Å². The van der Waals surface area contributed by atoms with Gasteiger partial charge in [-0.05, 0) is 109 Å². The SMILES string of the molecule is CC(C)c1cccc(C(C)C)c1-c1ccnc(-n2c3ccccc3c3ccc(Oc4cccc(-n5[cH+]n(C(C)(C)C)c6ccccc65)c4)cc32)c1. The molecule has 5 heteroatoms. The number of pyridine rings is 1. The number of imidazole rings is 1. The van der Waals surface area contributed by atoms with Crippen molar-refractivity contribution in [1.82, 2.24) is 18.7 Å². The van der Waals surface area contributed by atoms with Crippen molar-refractivity contribution in [2.45, 2.75) is 65.8 Å². The fourth-order valence-corrected chi connectivity index (χ4v) is 7.53. The number of ether oxygens (including phenoxy) is 1. The molecule has 3 aromatic heterocycles. The molecule has 0 aliphatic rings.